The SMILES string of the molecule is COC[C@H](C)NC(=O)CN1CCC(c2cncc(Nc3ncccc3C)n2)CC1. The van der Waals surface area contributed by atoms with Crippen molar-refractivity contribution < 1.29 is 9.53 Å². The number of carbonyl (C=O) groups excluding carboxylic acids is 1. The van der Waals surface area contributed by atoms with Gasteiger partial charge in [-0.2, -0.15) is 0 Å². The molecule has 0 radical (unpaired) electrons. The number of rotatable bonds is 8. The van der Waals surface area contributed by atoms with E-state index in [-0.39, 0.29) is 11.9 Å². The smallest absolute Gasteiger partial charge is 0.234 e. The zero-order chi connectivity index (χ0) is 20.6. The molecule has 0 unspecified atom stereocenters. The van der Waals surface area contributed by atoms with Crippen molar-refractivity contribution in [3.05, 3.63) is 42.0 Å². The summed E-state index contributed by atoms with van der Waals surface area (Å²) in [6.45, 7) is 6.64. The maximum Gasteiger partial charge on any atom is 0.234 e. The molecule has 1 aliphatic heterocycles. The predicted molar refractivity (Wildman–Crippen MR) is 112 cm³/mol. The van der Waals surface area contributed by atoms with Crippen molar-refractivity contribution in [1.82, 2.24) is 25.2 Å². The molecule has 2 aromatic rings. The van der Waals surface area contributed by atoms with Gasteiger partial charge in [-0.3, -0.25) is 14.7 Å². The van der Waals surface area contributed by atoms with Crippen LogP contribution in [-0.2, 0) is 9.53 Å². The Balaban J connectivity index is 1.52. The first-order valence-electron chi connectivity index (χ1n) is 10.1. The lowest BCUT2D eigenvalue weighted by atomic mass is 9.94. The van der Waals surface area contributed by atoms with Gasteiger partial charge in [-0.25, -0.2) is 9.97 Å². The van der Waals surface area contributed by atoms with Crippen molar-refractivity contribution in [3.8, 4) is 0 Å². The lowest BCUT2D eigenvalue weighted by molar-refractivity contribution is -0.123. The molecule has 29 heavy (non-hydrogen) atoms. The van der Waals surface area contributed by atoms with E-state index < -0.39 is 0 Å². The van der Waals surface area contributed by atoms with Gasteiger partial charge < -0.3 is 15.4 Å². The fourth-order valence-electron chi connectivity index (χ4n) is 3.58. The Hall–Kier alpha value is -2.58. The average molecular weight is 399 g/mol. The van der Waals surface area contributed by atoms with Crippen LogP contribution in [0.25, 0.3) is 0 Å². The van der Waals surface area contributed by atoms with E-state index >= 15 is 0 Å². The quantitative estimate of drug-likeness (QED) is 0.704. The number of methoxy groups -OCH3 is 1. The predicted octanol–water partition coefficient (Wildman–Crippen LogP) is 2.25. The van der Waals surface area contributed by atoms with E-state index in [1.165, 1.54) is 0 Å². The monoisotopic (exact) mass is 398 g/mol. The first-order valence-corrected chi connectivity index (χ1v) is 10.1. The zero-order valence-corrected chi connectivity index (χ0v) is 17.4. The van der Waals surface area contributed by atoms with Crippen LogP contribution in [0.1, 0.15) is 36.9 Å². The second-order valence-corrected chi connectivity index (χ2v) is 7.60. The fourth-order valence-corrected chi connectivity index (χ4v) is 3.58. The lowest BCUT2D eigenvalue weighted by Gasteiger charge is -2.31. The summed E-state index contributed by atoms with van der Waals surface area (Å²) in [7, 11) is 1.64. The van der Waals surface area contributed by atoms with Crippen LogP contribution in [0.15, 0.2) is 30.7 Å². The third kappa shape index (κ3) is 6.20. The molecule has 0 aromatic carbocycles. The second-order valence-electron chi connectivity index (χ2n) is 7.60. The van der Waals surface area contributed by atoms with Crippen molar-refractivity contribution in [2.45, 2.75) is 38.6 Å². The lowest BCUT2D eigenvalue weighted by Crippen LogP contribution is -2.44. The molecule has 2 N–H and O–H groups in total. The number of aryl methyl sites for hydroxylation is 1. The molecule has 0 saturated carbocycles. The van der Waals surface area contributed by atoms with Crippen molar-refractivity contribution in [2.24, 2.45) is 0 Å². The van der Waals surface area contributed by atoms with Crippen molar-refractivity contribution >= 4 is 17.5 Å². The molecule has 0 spiro atoms. The highest BCUT2D eigenvalue weighted by Gasteiger charge is 2.23. The van der Waals surface area contributed by atoms with E-state index in [0.717, 1.165) is 43.0 Å². The standard InChI is InChI=1S/C21H30N6O2/c1-15-5-4-8-23-21(15)26-19-12-22-11-18(25-19)17-6-9-27(10-7-17)13-20(28)24-16(2)14-29-3/h4-5,8,11-12,16-17H,6-7,9-10,13-14H2,1-3H3,(H,24,28)(H,23,25,26)/t16-/m0/s1. The first-order chi connectivity index (χ1) is 14.0. The Morgan fingerprint density at radius 2 is 2.14 bits per heavy atom. The third-order valence-corrected chi connectivity index (χ3v) is 5.11. The molecule has 1 fully saturated rings. The maximum absolute atomic E-state index is 12.1. The Kier molecular flexibility index (Phi) is 7.48. The molecule has 8 heteroatoms. The summed E-state index contributed by atoms with van der Waals surface area (Å²) < 4.78 is 5.06. The van der Waals surface area contributed by atoms with Gasteiger partial charge in [0.15, 0.2) is 0 Å². The van der Waals surface area contributed by atoms with Gasteiger partial charge in [-0.15, -0.1) is 0 Å². The van der Waals surface area contributed by atoms with Gasteiger partial charge in [0.2, 0.25) is 5.91 Å². The van der Waals surface area contributed by atoms with Gasteiger partial charge in [0.05, 0.1) is 25.0 Å². The van der Waals surface area contributed by atoms with Crippen LogP contribution < -0.4 is 10.6 Å². The topological polar surface area (TPSA) is 92.3 Å². The zero-order valence-electron chi connectivity index (χ0n) is 17.4. The van der Waals surface area contributed by atoms with Gasteiger partial charge in [0, 0.05) is 31.5 Å². The molecule has 1 aliphatic rings. The van der Waals surface area contributed by atoms with Crippen LogP contribution in [0.3, 0.4) is 0 Å². The third-order valence-electron chi connectivity index (χ3n) is 5.11. The number of piperidine rings is 1. The van der Waals surface area contributed by atoms with Crippen LogP contribution in [0.5, 0.6) is 0 Å². The molecule has 1 amide bonds. The number of hydrogen-bond acceptors (Lipinski definition) is 7. The van der Waals surface area contributed by atoms with E-state index in [2.05, 4.69) is 25.5 Å². The van der Waals surface area contributed by atoms with Crippen LogP contribution in [-0.4, -0.2) is 65.2 Å². The van der Waals surface area contributed by atoms with Gasteiger partial charge in [0.1, 0.15) is 11.6 Å². The van der Waals surface area contributed by atoms with Crippen LogP contribution in [0.2, 0.25) is 0 Å². The van der Waals surface area contributed by atoms with E-state index in [1.807, 2.05) is 32.2 Å². The minimum absolute atomic E-state index is 0.0262. The number of amides is 1. The van der Waals surface area contributed by atoms with Gasteiger partial charge in [0.25, 0.3) is 0 Å². The number of pyridine rings is 1. The molecular formula is C21H30N6O2. The highest BCUT2D eigenvalue weighted by atomic mass is 16.5. The molecule has 8 nitrogen and oxygen atoms in total. The maximum atomic E-state index is 12.1. The highest BCUT2D eigenvalue weighted by molar-refractivity contribution is 5.78. The average Bonchev–Trinajstić information content (AvgIpc) is 2.70. The summed E-state index contributed by atoms with van der Waals surface area (Å²) in [5.41, 5.74) is 2.05. The van der Waals surface area contributed by atoms with Gasteiger partial charge in [-0.1, -0.05) is 6.07 Å². The molecule has 1 saturated heterocycles. The molecule has 1 atom stereocenters. The number of carbonyl (C=O) groups is 1. The summed E-state index contributed by atoms with van der Waals surface area (Å²) in [6.07, 6.45) is 7.24. The molecule has 0 aliphatic carbocycles. The Morgan fingerprint density at radius 1 is 1.34 bits per heavy atom. The Bertz CT molecular complexity index is 807. The van der Waals surface area contributed by atoms with Crippen molar-refractivity contribution in [2.75, 3.05) is 38.7 Å². The molecule has 0 bridgehead atoms. The largest absolute Gasteiger partial charge is 0.383 e. The number of ether oxygens (including phenoxy) is 1. The van der Waals surface area contributed by atoms with Crippen LogP contribution in [0.4, 0.5) is 11.6 Å². The minimum Gasteiger partial charge on any atom is -0.383 e. The summed E-state index contributed by atoms with van der Waals surface area (Å²) in [4.78, 5) is 27.8. The highest BCUT2D eigenvalue weighted by Crippen LogP contribution is 2.27. The van der Waals surface area contributed by atoms with E-state index in [9.17, 15) is 4.79 Å². The number of aromatic nitrogens is 3. The summed E-state index contributed by atoms with van der Waals surface area (Å²) in [6, 6.07) is 3.95. The summed E-state index contributed by atoms with van der Waals surface area (Å²) in [5, 5.41) is 6.22. The number of nitrogens with zero attached hydrogens (tertiary/aromatic N) is 4. The van der Waals surface area contributed by atoms with E-state index in [1.54, 1.807) is 19.5 Å². The van der Waals surface area contributed by atoms with Gasteiger partial charge in [-0.05, 0) is 51.4 Å². The number of nitrogens with one attached hydrogen (secondary N) is 2. The van der Waals surface area contributed by atoms with Crippen molar-refractivity contribution in [3.63, 3.8) is 0 Å². The Labute approximate surface area is 172 Å². The van der Waals surface area contributed by atoms with Gasteiger partial charge >= 0.3 is 0 Å². The molecule has 3 rings (SSSR count). The first kappa shape index (κ1) is 21.1. The molecule has 156 valence electrons. The number of hydrogen-bond donors (Lipinski definition) is 2. The summed E-state index contributed by atoms with van der Waals surface area (Å²) >= 11 is 0. The number of anilines is 2. The fraction of sp³-hybridized carbons (Fsp3) is 0.524. The van der Waals surface area contributed by atoms with Crippen LogP contribution in [0, 0.1) is 6.92 Å². The van der Waals surface area contributed by atoms with Crippen molar-refractivity contribution in [1.29, 1.82) is 0 Å². The normalized spacial score (nSPS) is 16.4. The Morgan fingerprint density at radius 3 is 2.86 bits per heavy atom. The number of likely N-dealkylation sites (tertiary alicyclic amines) is 1. The molecule has 2 aromatic heterocycles. The summed E-state index contributed by atoms with van der Waals surface area (Å²) in [5.74, 6) is 1.89. The minimum atomic E-state index is 0.0262. The van der Waals surface area contributed by atoms with Crippen LogP contribution >= 0.6 is 0 Å². The van der Waals surface area contributed by atoms with E-state index in [4.69, 9.17) is 9.72 Å². The molecule has 3 heterocycles. The molecular weight excluding hydrogens is 368 g/mol. The second kappa shape index (κ2) is 10.3. The van der Waals surface area contributed by atoms with E-state index in [0.29, 0.717) is 24.9 Å².